The number of carbonyl (C=O) groups excluding carboxylic acids is 1. The molecule has 3 heteroatoms. The van der Waals surface area contributed by atoms with Crippen LogP contribution in [0.1, 0.15) is 16.7 Å². The molecule has 1 heterocycles. The molecule has 4 aromatic rings. The van der Waals surface area contributed by atoms with Gasteiger partial charge in [-0.2, -0.15) is 0 Å². The number of ether oxygens (including phenoxy) is 1. The monoisotopic (exact) mass is 367 g/mol. The Bertz CT molecular complexity index is 1130. The summed E-state index contributed by atoms with van der Waals surface area (Å²) in [5, 5.41) is 4.61. The van der Waals surface area contributed by atoms with Crippen LogP contribution in [0.15, 0.2) is 78.9 Å². The van der Waals surface area contributed by atoms with E-state index in [1.165, 1.54) is 21.9 Å². The highest BCUT2D eigenvalue weighted by Gasteiger charge is 2.22. The molecular weight excluding hydrogens is 346 g/mol. The van der Waals surface area contributed by atoms with Gasteiger partial charge in [-0.05, 0) is 45.2 Å². The Kier molecular flexibility index (Phi) is 4.21. The predicted molar refractivity (Wildman–Crippen MR) is 112 cm³/mol. The van der Waals surface area contributed by atoms with Crippen molar-refractivity contribution in [2.24, 2.45) is 0 Å². The zero-order valence-corrected chi connectivity index (χ0v) is 15.6. The van der Waals surface area contributed by atoms with Crippen molar-refractivity contribution in [2.45, 2.75) is 19.6 Å². The number of fused-ring (bicyclic) bond motifs is 3. The van der Waals surface area contributed by atoms with E-state index in [0.29, 0.717) is 13.1 Å². The topological polar surface area (TPSA) is 29.5 Å². The summed E-state index contributed by atoms with van der Waals surface area (Å²) in [5.41, 5.74) is 3.60. The van der Waals surface area contributed by atoms with Crippen molar-refractivity contribution >= 4 is 27.6 Å². The summed E-state index contributed by atoms with van der Waals surface area (Å²) in [4.78, 5) is 14.6. The Labute approximate surface area is 164 Å². The van der Waals surface area contributed by atoms with Crippen LogP contribution in [0.3, 0.4) is 0 Å². The summed E-state index contributed by atoms with van der Waals surface area (Å²) in [6, 6.07) is 27.1. The maximum atomic E-state index is 12.8. The molecule has 0 N–H and O–H groups in total. The fourth-order valence-corrected chi connectivity index (χ4v) is 4.14. The molecular formula is C25H21NO2. The van der Waals surface area contributed by atoms with Crippen LogP contribution in [-0.4, -0.2) is 17.5 Å². The van der Waals surface area contributed by atoms with Gasteiger partial charge in [0, 0.05) is 18.7 Å². The molecule has 0 aliphatic carbocycles. The first-order valence-electron chi connectivity index (χ1n) is 9.67. The first-order valence-corrected chi connectivity index (χ1v) is 9.67. The molecule has 1 aliphatic rings. The number of hydrogen-bond acceptors (Lipinski definition) is 2. The van der Waals surface area contributed by atoms with E-state index >= 15 is 0 Å². The fourth-order valence-electron chi connectivity index (χ4n) is 4.14. The van der Waals surface area contributed by atoms with Gasteiger partial charge in [0.05, 0.1) is 0 Å². The van der Waals surface area contributed by atoms with Gasteiger partial charge in [-0.15, -0.1) is 0 Å². The zero-order chi connectivity index (χ0) is 18.9. The third kappa shape index (κ3) is 2.99. The van der Waals surface area contributed by atoms with Gasteiger partial charge in [0.2, 0.25) is 0 Å². The van der Waals surface area contributed by atoms with Crippen LogP contribution >= 0.6 is 0 Å². The molecule has 4 aromatic carbocycles. The molecule has 0 unspecified atom stereocenters. The average Bonchev–Trinajstić information content (AvgIpc) is 2.76. The highest BCUT2D eigenvalue weighted by molar-refractivity contribution is 6.02. The second-order valence-electron chi connectivity index (χ2n) is 7.29. The van der Waals surface area contributed by atoms with Crippen LogP contribution in [0, 0.1) is 0 Å². The van der Waals surface area contributed by atoms with Crippen LogP contribution in [-0.2, 0) is 24.3 Å². The van der Waals surface area contributed by atoms with Crippen molar-refractivity contribution in [3.05, 3.63) is 95.6 Å². The quantitative estimate of drug-likeness (QED) is 0.426. The summed E-state index contributed by atoms with van der Waals surface area (Å²) < 4.78 is 5.79. The first kappa shape index (κ1) is 16.8. The molecule has 0 atom stereocenters. The number of nitrogens with zero attached hydrogens (tertiary/aromatic N) is 1. The van der Waals surface area contributed by atoms with Crippen molar-refractivity contribution in [1.82, 2.24) is 4.90 Å². The van der Waals surface area contributed by atoms with E-state index in [-0.39, 0.29) is 12.7 Å². The molecule has 0 spiro atoms. The molecule has 0 bridgehead atoms. The van der Waals surface area contributed by atoms with E-state index in [4.69, 9.17) is 4.74 Å². The lowest BCUT2D eigenvalue weighted by Gasteiger charge is -2.28. The molecule has 0 aromatic heterocycles. The Morgan fingerprint density at radius 3 is 2.14 bits per heavy atom. The Morgan fingerprint density at radius 1 is 0.821 bits per heavy atom. The van der Waals surface area contributed by atoms with E-state index in [0.717, 1.165) is 22.8 Å². The minimum absolute atomic E-state index is 0.244. The predicted octanol–water partition coefficient (Wildman–Crippen LogP) is 5.69. The standard InChI is InChI=1S/C25H21NO2/c27-25(26-14-13-18-7-1-2-10-21(18)16-26)28-17-24-22-11-5-3-8-19(22)15-20-9-4-6-12-23(20)24/h1-12,15H,13-14,16-17H2. The summed E-state index contributed by atoms with van der Waals surface area (Å²) in [6.45, 7) is 1.59. The average molecular weight is 367 g/mol. The number of rotatable bonds is 2. The molecule has 0 fully saturated rings. The number of benzene rings is 4. The van der Waals surface area contributed by atoms with E-state index in [1.54, 1.807) is 4.90 Å². The zero-order valence-electron chi connectivity index (χ0n) is 15.6. The van der Waals surface area contributed by atoms with E-state index < -0.39 is 0 Å². The lowest BCUT2D eigenvalue weighted by molar-refractivity contribution is 0.0925. The van der Waals surface area contributed by atoms with E-state index in [2.05, 4.69) is 48.5 Å². The Balaban J connectivity index is 1.42. The van der Waals surface area contributed by atoms with Crippen LogP contribution in [0.2, 0.25) is 0 Å². The molecule has 1 amide bonds. The molecule has 0 saturated heterocycles. The van der Waals surface area contributed by atoms with Gasteiger partial charge < -0.3 is 9.64 Å². The molecule has 0 saturated carbocycles. The van der Waals surface area contributed by atoms with Gasteiger partial charge in [0.15, 0.2) is 0 Å². The normalized spacial score (nSPS) is 13.5. The molecule has 1 aliphatic heterocycles. The van der Waals surface area contributed by atoms with Crippen molar-refractivity contribution in [1.29, 1.82) is 0 Å². The largest absolute Gasteiger partial charge is 0.444 e. The van der Waals surface area contributed by atoms with Crippen LogP contribution in [0.5, 0.6) is 0 Å². The highest BCUT2D eigenvalue weighted by Crippen LogP contribution is 2.29. The molecule has 3 nitrogen and oxygen atoms in total. The van der Waals surface area contributed by atoms with Crippen molar-refractivity contribution in [3.63, 3.8) is 0 Å². The van der Waals surface area contributed by atoms with E-state index in [9.17, 15) is 4.79 Å². The SMILES string of the molecule is O=C(OCc1c2ccccc2cc2ccccc12)N1CCc2ccccc2C1. The summed E-state index contributed by atoms with van der Waals surface area (Å²) in [7, 11) is 0. The third-order valence-corrected chi connectivity index (χ3v) is 5.61. The molecule has 28 heavy (non-hydrogen) atoms. The number of amides is 1. The second-order valence-corrected chi connectivity index (χ2v) is 7.29. The van der Waals surface area contributed by atoms with Crippen molar-refractivity contribution < 1.29 is 9.53 Å². The molecule has 138 valence electrons. The lowest BCUT2D eigenvalue weighted by atomic mass is 9.97. The Hall–Kier alpha value is -3.33. The highest BCUT2D eigenvalue weighted by atomic mass is 16.6. The van der Waals surface area contributed by atoms with Crippen molar-refractivity contribution in [3.8, 4) is 0 Å². The molecule has 5 rings (SSSR count). The van der Waals surface area contributed by atoms with Gasteiger partial charge in [-0.25, -0.2) is 4.79 Å². The van der Waals surface area contributed by atoms with Gasteiger partial charge in [0.1, 0.15) is 6.61 Å². The van der Waals surface area contributed by atoms with Gasteiger partial charge in [-0.1, -0.05) is 72.8 Å². The second kappa shape index (κ2) is 7.01. The maximum Gasteiger partial charge on any atom is 0.410 e. The minimum Gasteiger partial charge on any atom is -0.444 e. The van der Waals surface area contributed by atoms with Crippen LogP contribution in [0.4, 0.5) is 4.79 Å². The van der Waals surface area contributed by atoms with E-state index in [1.807, 2.05) is 30.3 Å². The first-order chi connectivity index (χ1) is 13.8. The van der Waals surface area contributed by atoms with Gasteiger partial charge >= 0.3 is 6.09 Å². The van der Waals surface area contributed by atoms with Gasteiger partial charge in [0.25, 0.3) is 0 Å². The summed E-state index contributed by atoms with van der Waals surface area (Å²) >= 11 is 0. The van der Waals surface area contributed by atoms with Gasteiger partial charge in [-0.3, -0.25) is 0 Å². The van der Waals surface area contributed by atoms with Crippen molar-refractivity contribution in [2.75, 3.05) is 6.54 Å². The number of hydrogen-bond donors (Lipinski definition) is 0. The van der Waals surface area contributed by atoms with Crippen LogP contribution < -0.4 is 0 Å². The fraction of sp³-hybridized carbons (Fsp3) is 0.160. The lowest BCUT2D eigenvalue weighted by Crippen LogP contribution is -2.36. The molecule has 0 radical (unpaired) electrons. The van der Waals surface area contributed by atoms with Crippen LogP contribution in [0.25, 0.3) is 21.5 Å². The maximum absolute atomic E-state index is 12.8. The Morgan fingerprint density at radius 2 is 1.43 bits per heavy atom. The number of carbonyl (C=O) groups is 1. The minimum atomic E-state index is -0.244. The smallest absolute Gasteiger partial charge is 0.410 e. The summed E-state index contributed by atoms with van der Waals surface area (Å²) in [5.74, 6) is 0. The third-order valence-electron chi connectivity index (χ3n) is 5.61. The summed E-state index contributed by atoms with van der Waals surface area (Å²) in [6.07, 6.45) is 0.633.